The smallest absolute Gasteiger partial charge is 0.123 e. The predicted molar refractivity (Wildman–Crippen MR) is 97.9 cm³/mol. The zero-order chi connectivity index (χ0) is 17.5. The molecule has 0 amide bonds. The van der Waals surface area contributed by atoms with Crippen molar-refractivity contribution in [1.29, 1.82) is 0 Å². The van der Waals surface area contributed by atoms with E-state index in [2.05, 4.69) is 16.6 Å². The van der Waals surface area contributed by atoms with E-state index in [0.29, 0.717) is 13.2 Å². The van der Waals surface area contributed by atoms with Gasteiger partial charge in [0.1, 0.15) is 12.4 Å². The fourth-order valence-electron chi connectivity index (χ4n) is 2.66. The third-order valence-electron chi connectivity index (χ3n) is 3.97. The second-order valence-corrected chi connectivity index (χ2v) is 5.80. The summed E-state index contributed by atoms with van der Waals surface area (Å²) >= 11 is 0. The lowest BCUT2D eigenvalue weighted by Gasteiger charge is -2.11. The standard InChI is InChI=1S/C20H23N3O2/c1-16-18(15-23(22-16)19-8-3-2-4-9-19)14-21-13-17-7-5-6-10-20(17)25-12-11-24/h2-10,15,21,24H,11-14H2,1H3. The maximum Gasteiger partial charge on any atom is 0.123 e. The number of aliphatic hydroxyl groups excluding tert-OH is 1. The highest BCUT2D eigenvalue weighted by molar-refractivity contribution is 5.34. The van der Waals surface area contributed by atoms with E-state index in [9.17, 15) is 0 Å². The first-order chi connectivity index (χ1) is 12.3. The van der Waals surface area contributed by atoms with Crippen LogP contribution in [0.5, 0.6) is 5.75 Å². The number of aromatic nitrogens is 2. The summed E-state index contributed by atoms with van der Waals surface area (Å²) in [6.45, 7) is 3.76. The molecular weight excluding hydrogens is 314 g/mol. The summed E-state index contributed by atoms with van der Waals surface area (Å²) < 4.78 is 7.48. The quantitative estimate of drug-likeness (QED) is 0.664. The van der Waals surface area contributed by atoms with Crippen molar-refractivity contribution in [3.63, 3.8) is 0 Å². The predicted octanol–water partition coefficient (Wildman–Crippen LogP) is 2.84. The number of benzene rings is 2. The molecule has 0 spiro atoms. The van der Waals surface area contributed by atoms with Crippen molar-refractivity contribution >= 4 is 0 Å². The van der Waals surface area contributed by atoms with Gasteiger partial charge in [0.2, 0.25) is 0 Å². The second-order valence-electron chi connectivity index (χ2n) is 5.80. The van der Waals surface area contributed by atoms with Crippen LogP contribution in [0.25, 0.3) is 5.69 Å². The minimum Gasteiger partial charge on any atom is -0.491 e. The average molecular weight is 337 g/mol. The maximum atomic E-state index is 8.92. The van der Waals surface area contributed by atoms with Crippen molar-refractivity contribution in [2.45, 2.75) is 20.0 Å². The largest absolute Gasteiger partial charge is 0.491 e. The molecule has 3 aromatic rings. The summed E-state index contributed by atoms with van der Waals surface area (Å²) in [4.78, 5) is 0. The van der Waals surface area contributed by atoms with Crippen LogP contribution in [0.3, 0.4) is 0 Å². The number of rotatable bonds is 8. The van der Waals surface area contributed by atoms with E-state index in [1.165, 1.54) is 0 Å². The Labute approximate surface area is 147 Å². The van der Waals surface area contributed by atoms with Crippen LogP contribution in [0, 0.1) is 6.92 Å². The number of hydrogen-bond donors (Lipinski definition) is 2. The first-order valence-corrected chi connectivity index (χ1v) is 8.41. The normalized spacial score (nSPS) is 10.8. The van der Waals surface area contributed by atoms with Gasteiger partial charge in [-0.25, -0.2) is 4.68 Å². The van der Waals surface area contributed by atoms with E-state index in [-0.39, 0.29) is 6.61 Å². The molecule has 0 saturated heterocycles. The molecule has 0 radical (unpaired) electrons. The fourth-order valence-corrected chi connectivity index (χ4v) is 2.66. The lowest BCUT2D eigenvalue weighted by Crippen LogP contribution is -2.14. The molecule has 0 bridgehead atoms. The van der Waals surface area contributed by atoms with Crippen LogP contribution in [-0.2, 0) is 13.1 Å². The highest BCUT2D eigenvalue weighted by Crippen LogP contribution is 2.18. The Morgan fingerprint density at radius 2 is 1.72 bits per heavy atom. The van der Waals surface area contributed by atoms with Gasteiger partial charge >= 0.3 is 0 Å². The number of aryl methyl sites for hydroxylation is 1. The summed E-state index contributed by atoms with van der Waals surface area (Å²) in [7, 11) is 0. The van der Waals surface area contributed by atoms with Crippen molar-refractivity contribution in [2.75, 3.05) is 13.2 Å². The Bertz CT molecular complexity index is 800. The van der Waals surface area contributed by atoms with Gasteiger partial charge in [-0.3, -0.25) is 0 Å². The van der Waals surface area contributed by atoms with Crippen molar-refractivity contribution in [2.24, 2.45) is 0 Å². The Morgan fingerprint density at radius 3 is 2.52 bits per heavy atom. The molecule has 3 rings (SSSR count). The van der Waals surface area contributed by atoms with E-state index < -0.39 is 0 Å². The van der Waals surface area contributed by atoms with Crippen LogP contribution in [0.2, 0.25) is 0 Å². The van der Waals surface area contributed by atoms with Gasteiger partial charge in [0, 0.05) is 30.4 Å². The van der Waals surface area contributed by atoms with Crippen molar-refractivity contribution in [1.82, 2.24) is 15.1 Å². The number of para-hydroxylation sites is 2. The molecule has 0 aliphatic heterocycles. The van der Waals surface area contributed by atoms with Gasteiger partial charge in [-0.05, 0) is 25.1 Å². The zero-order valence-electron chi connectivity index (χ0n) is 14.4. The topological polar surface area (TPSA) is 59.3 Å². The SMILES string of the molecule is Cc1nn(-c2ccccc2)cc1CNCc1ccccc1OCCO. The van der Waals surface area contributed by atoms with Gasteiger partial charge < -0.3 is 15.2 Å². The maximum absolute atomic E-state index is 8.92. The molecule has 5 nitrogen and oxygen atoms in total. The molecule has 0 aliphatic carbocycles. The van der Waals surface area contributed by atoms with Crippen molar-refractivity contribution < 1.29 is 9.84 Å². The third kappa shape index (κ3) is 4.47. The number of nitrogens with one attached hydrogen (secondary N) is 1. The highest BCUT2D eigenvalue weighted by Gasteiger charge is 2.07. The minimum atomic E-state index is 0.0135. The molecule has 0 aliphatic rings. The Hall–Kier alpha value is -2.63. The molecule has 25 heavy (non-hydrogen) atoms. The monoisotopic (exact) mass is 337 g/mol. The molecule has 1 aromatic heterocycles. The highest BCUT2D eigenvalue weighted by atomic mass is 16.5. The van der Waals surface area contributed by atoms with E-state index in [0.717, 1.165) is 34.8 Å². The molecule has 0 unspecified atom stereocenters. The van der Waals surface area contributed by atoms with Crippen LogP contribution in [-0.4, -0.2) is 28.1 Å². The van der Waals surface area contributed by atoms with Gasteiger partial charge in [-0.2, -0.15) is 5.10 Å². The third-order valence-corrected chi connectivity index (χ3v) is 3.97. The molecular formula is C20H23N3O2. The van der Waals surface area contributed by atoms with Gasteiger partial charge in [0.15, 0.2) is 0 Å². The number of ether oxygens (including phenoxy) is 1. The fraction of sp³-hybridized carbons (Fsp3) is 0.250. The molecule has 0 atom stereocenters. The summed E-state index contributed by atoms with van der Waals surface area (Å²) in [5, 5.41) is 17.0. The molecule has 130 valence electrons. The van der Waals surface area contributed by atoms with E-state index in [4.69, 9.17) is 9.84 Å². The summed E-state index contributed by atoms with van der Waals surface area (Å²) in [6.07, 6.45) is 2.06. The number of aliphatic hydroxyl groups is 1. The summed E-state index contributed by atoms with van der Waals surface area (Å²) in [5.74, 6) is 0.806. The Kier molecular flexibility index (Phi) is 5.82. The Balaban J connectivity index is 1.62. The molecule has 0 saturated carbocycles. The molecule has 2 N–H and O–H groups in total. The van der Waals surface area contributed by atoms with E-state index in [1.54, 1.807) is 0 Å². The molecule has 1 heterocycles. The minimum absolute atomic E-state index is 0.0135. The number of nitrogens with zero attached hydrogens (tertiary/aromatic N) is 2. The van der Waals surface area contributed by atoms with Gasteiger partial charge in [0.05, 0.1) is 18.0 Å². The Morgan fingerprint density at radius 1 is 1.00 bits per heavy atom. The van der Waals surface area contributed by atoms with Crippen LogP contribution in [0.15, 0.2) is 60.8 Å². The van der Waals surface area contributed by atoms with Crippen LogP contribution in [0.1, 0.15) is 16.8 Å². The molecule has 2 aromatic carbocycles. The molecule has 0 fully saturated rings. The van der Waals surface area contributed by atoms with Crippen LogP contribution in [0.4, 0.5) is 0 Å². The average Bonchev–Trinajstić information content (AvgIpc) is 3.02. The van der Waals surface area contributed by atoms with Gasteiger partial charge in [0.25, 0.3) is 0 Å². The second kappa shape index (κ2) is 8.46. The lowest BCUT2D eigenvalue weighted by molar-refractivity contribution is 0.200. The van der Waals surface area contributed by atoms with Gasteiger partial charge in [-0.15, -0.1) is 0 Å². The van der Waals surface area contributed by atoms with Gasteiger partial charge in [-0.1, -0.05) is 36.4 Å². The van der Waals surface area contributed by atoms with Crippen LogP contribution < -0.4 is 10.1 Å². The number of hydrogen-bond acceptors (Lipinski definition) is 4. The van der Waals surface area contributed by atoms with E-state index >= 15 is 0 Å². The first kappa shape index (κ1) is 17.2. The van der Waals surface area contributed by atoms with E-state index in [1.807, 2.05) is 66.2 Å². The zero-order valence-corrected chi connectivity index (χ0v) is 14.4. The van der Waals surface area contributed by atoms with Crippen molar-refractivity contribution in [3.8, 4) is 11.4 Å². The van der Waals surface area contributed by atoms with Crippen molar-refractivity contribution in [3.05, 3.63) is 77.6 Å². The first-order valence-electron chi connectivity index (χ1n) is 8.41. The summed E-state index contributed by atoms with van der Waals surface area (Å²) in [5.41, 5.74) is 4.31. The summed E-state index contributed by atoms with van der Waals surface area (Å²) in [6, 6.07) is 18.0. The molecule has 5 heteroatoms. The van der Waals surface area contributed by atoms with Crippen LogP contribution >= 0.6 is 0 Å². The lowest BCUT2D eigenvalue weighted by atomic mass is 10.2.